The van der Waals surface area contributed by atoms with Crippen molar-refractivity contribution in [2.75, 3.05) is 23.3 Å². The quantitative estimate of drug-likeness (QED) is 0.822. The summed E-state index contributed by atoms with van der Waals surface area (Å²) in [4.78, 5) is 2.74. The summed E-state index contributed by atoms with van der Waals surface area (Å²) in [6.07, 6.45) is 11.2. The van der Waals surface area contributed by atoms with Crippen LogP contribution in [0.2, 0.25) is 0 Å². The molecule has 4 rings (SSSR count). The fourth-order valence-electron chi connectivity index (χ4n) is 4.59. The van der Waals surface area contributed by atoms with Crippen LogP contribution in [0.15, 0.2) is 18.2 Å². The molecule has 2 nitrogen and oxygen atoms in total. The van der Waals surface area contributed by atoms with Gasteiger partial charge in [-0.3, -0.25) is 0 Å². The van der Waals surface area contributed by atoms with Crippen molar-refractivity contribution in [3.05, 3.63) is 23.8 Å². The SMILES string of the molecule is c1cc2c(cc1N1CCCC3CCCCC31)CCCN2. The predicted molar refractivity (Wildman–Crippen MR) is 85.6 cm³/mol. The van der Waals surface area contributed by atoms with E-state index in [0.717, 1.165) is 18.5 Å². The summed E-state index contributed by atoms with van der Waals surface area (Å²) in [6, 6.07) is 7.97. The van der Waals surface area contributed by atoms with Crippen molar-refractivity contribution in [3.8, 4) is 0 Å². The Labute approximate surface area is 122 Å². The van der Waals surface area contributed by atoms with E-state index < -0.39 is 0 Å². The van der Waals surface area contributed by atoms with Crippen molar-refractivity contribution < 1.29 is 0 Å². The van der Waals surface area contributed by atoms with Gasteiger partial charge >= 0.3 is 0 Å². The molecule has 2 unspecified atom stereocenters. The molecular formula is C18H26N2. The van der Waals surface area contributed by atoms with Crippen LogP contribution >= 0.6 is 0 Å². The molecular weight excluding hydrogens is 244 g/mol. The van der Waals surface area contributed by atoms with Gasteiger partial charge in [0, 0.05) is 30.5 Å². The lowest BCUT2D eigenvalue weighted by Gasteiger charge is -2.45. The Hall–Kier alpha value is -1.18. The predicted octanol–water partition coefficient (Wildman–Crippen LogP) is 4.20. The Balaban J connectivity index is 1.62. The number of benzene rings is 1. The summed E-state index contributed by atoms with van der Waals surface area (Å²) >= 11 is 0. The van der Waals surface area contributed by atoms with E-state index in [9.17, 15) is 0 Å². The number of hydrogen-bond acceptors (Lipinski definition) is 2. The van der Waals surface area contributed by atoms with Crippen molar-refractivity contribution in [2.45, 2.75) is 57.4 Å². The maximum Gasteiger partial charge on any atom is 0.0374 e. The van der Waals surface area contributed by atoms with Crippen molar-refractivity contribution in [3.63, 3.8) is 0 Å². The molecule has 0 bridgehead atoms. The number of piperidine rings is 1. The first-order chi connectivity index (χ1) is 9.92. The lowest BCUT2D eigenvalue weighted by atomic mass is 9.78. The number of fused-ring (bicyclic) bond motifs is 2. The van der Waals surface area contributed by atoms with Crippen LogP contribution in [0, 0.1) is 5.92 Å². The molecule has 0 amide bonds. The van der Waals surface area contributed by atoms with Crippen LogP contribution in [0.1, 0.15) is 50.5 Å². The van der Waals surface area contributed by atoms with E-state index in [1.165, 1.54) is 74.8 Å². The average Bonchev–Trinajstić information content (AvgIpc) is 2.54. The van der Waals surface area contributed by atoms with Gasteiger partial charge in [0.05, 0.1) is 0 Å². The second-order valence-corrected chi connectivity index (χ2v) is 6.82. The van der Waals surface area contributed by atoms with E-state index in [-0.39, 0.29) is 0 Å². The largest absolute Gasteiger partial charge is 0.385 e. The van der Waals surface area contributed by atoms with Crippen molar-refractivity contribution in [1.82, 2.24) is 0 Å². The molecule has 1 N–H and O–H groups in total. The van der Waals surface area contributed by atoms with Gasteiger partial charge in [0.25, 0.3) is 0 Å². The lowest BCUT2D eigenvalue weighted by Crippen LogP contribution is -2.46. The highest BCUT2D eigenvalue weighted by Gasteiger charge is 2.33. The van der Waals surface area contributed by atoms with Gasteiger partial charge in [-0.2, -0.15) is 0 Å². The van der Waals surface area contributed by atoms with Crippen molar-refractivity contribution >= 4 is 11.4 Å². The van der Waals surface area contributed by atoms with Crippen molar-refractivity contribution in [1.29, 1.82) is 0 Å². The van der Waals surface area contributed by atoms with Crippen LogP contribution in [0.3, 0.4) is 0 Å². The minimum Gasteiger partial charge on any atom is -0.385 e. The highest BCUT2D eigenvalue weighted by molar-refractivity contribution is 5.62. The van der Waals surface area contributed by atoms with E-state index in [2.05, 4.69) is 28.4 Å². The first kappa shape index (κ1) is 12.6. The summed E-state index contributed by atoms with van der Waals surface area (Å²) in [5.74, 6) is 0.964. The number of anilines is 2. The summed E-state index contributed by atoms with van der Waals surface area (Å²) in [6.45, 7) is 2.41. The van der Waals surface area contributed by atoms with Gasteiger partial charge in [0.15, 0.2) is 0 Å². The maximum atomic E-state index is 3.53. The Morgan fingerprint density at radius 3 is 2.90 bits per heavy atom. The zero-order valence-electron chi connectivity index (χ0n) is 12.4. The highest BCUT2D eigenvalue weighted by Crippen LogP contribution is 2.38. The Morgan fingerprint density at radius 2 is 1.90 bits per heavy atom. The first-order valence-electron chi connectivity index (χ1n) is 8.55. The molecule has 2 fully saturated rings. The molecule has 1 aromatic rings. The lowest BCUT2D eigenvalue weighted by molar-refractivity contribution is 0.244. The Bertz CT molecular complexity index is 480. The number of nitrogens with one attached hydrogen (secondary N) is 1. The number of aryl methyl sites for hydroxylation is 1. The fourth-order valence-corrected chi connectivity index (χ4v) is 4.59. The molecule has 2 heteroatoms. The van der Waals surface area contributed by atoms with Crippen molar-refractivity contribution in [2.24, 2.45) is 5.92 Å². The molecule has 2 atom stereocenters. The maximum absolute atomic E-state index is 3.53. The van der Waals surface area contributed by atoms with Crippen LogP contribution in [-0.4, -0.2) is 19.1 Å². The summed E-state index contributed by atoms with van der Waals surface area (Å²) in [5, 5.41) is 3.53. The molecule has 1 aromatic carbocycles. The zero-order chi connectivity index (χ0) is 13.4. The Morgan fingerprint density at radius 1 is 1.00 bits per heavy atom. The standard InChI is InChI=1S/C18H26N2/c1-2-8-18-14(5-1)7-4-12-20(18)16-9-10-17-15(13-16)6-3-11-19-17/h9-10,13-14,18-19H,1-8,11-12H2. The third-order valence-corrected chi connectivity index (χ3v) is 5.60. The van der Waals surface area contributed by atoms with Crippen LogP contribution in [0.25, 0.3) is 0 Å². The normalized spacial score (nSPS) is 29.3. The minimum absolute atomic E-state index is 0.826. The van der Waals surface area contributed by atoms with Crippen LogP contribution in [0.5, 0.6) is 0 Å². The Kier molecular flexibility index (Phi) is 3.33. The van der Waals surface area contributed by atoms with Gasteiger partial charge in [0.1, 0.15) is 0 Å². The number of nitrogens with zero attached hydrogens (tertiary/aromatic N) is 1. The molecule has 20 heavy (non-hydrogen) atoms. The highest BCUT2D eigenvalue weighted by atomic mass is 15.2. The first-order valence-corrected chi connectivity index (χ1v) is 8.55. The smallest absolute Gasteiger partial charge is 0.0374 e. The van der Waals surface area contributed by atoms with E-state index >= 15 is 0 Å². The van der Waals surface area contributed by atoms with Gasteiger partial charge in [-0.1, -0.05) is 12.8 Å². The zero-order valence-corrected chi connectivity index (χ0v) is 12.4. The summed E-state index contributed by atoms with van der Waals surface area (Å²) in [5.41, 5.74) is 4.40. The van der Waals surface area contributed by atoms with Gasteiger partial charge in [0.2, 0.25) is 0 Å². The molecule has 2 aliphatic heterocycles. The second kappa shape index (κ2) is 5.31. The third kappa shape index (κ3) is 2.19. The van der Waals surface area contributed by atoms with E-state index in [4.69, 9.17) is 0 Å². The third-order valence-electron chi connectivity index (χ3n) is 5.60. The molecule has 1 aliphatic carbocycles. The van der Waals surface area contributed by atoms with Crippen LogP contribution < -0.4 is 10.2 Å². The second-order valence-electron chi connectivity index (χ2n) is 6.82. The fraction of sp³-hybridized carbons (Fsp3) is 0.667. The molecule has 3 aliphatic rings. The van der Waals surface area contributed by atoms with Gasteiger partial charge in [-0.15, -0.1) is 0 Å². The van der Waals surface area contributed by atoms with E-state index in [1.807, 2.05) is 0 Å². The molecule has 0 aromatic heterocycles. The van der Waals surface area contributed by atoms with Gasteiger partial charge < -0.3 is 10.2 Å². The molecule has 1 saturated heterocycles. The number of hydrogen-bond donors (Lipinski definition) is 1. The van der Waals surface area contributed by atoms with Crippen LogP contribution in [0.4, 0.5) is 11.4 Å². The van der Waals surface area contributed by atoms with Gasteiger partial charge in [-0.25, -0.2) is 0 Å². The van der Waals surface area contributed by atoms with E-state index in [0.29, 0.717) is 0 Å². The average molecular weight is 270 g/mol. The molecule has 1 saturated carbocycles. The summed E-state index contributed by atoms with van der Waals surface area (Å²) in [7, 11) is 0. The van der Waals surface area contributed by atoms with Crippen LogP contribution in [-0.2, 0) is 6.42 Å². The topological polar surface area (TPSA) is 15.3 Å². The monoisotopic (exact) mass is 270 g/mol. The van der Waals surface area contributed by atoms with Gasteiger partial charge in [-0.05, 0) is 68.2 Å². The summed E-state index contributed by atoms with van der Waals surface area (Å²) < 4.78 is 0. The molecule has 0 radical (unpaired) electrons. The molecule has 2 heterocycles. The number of rotatable bonds is 1. The minimum atomic E-state index is 0.826. The molecule has 0 spiro atoms. The van der Waals surface area contributed by atoms with E-state index in [1.54, 1.807) is 0 Å². The molecule has 108 valence electrons.